The van der Waals surface area contributed by atoms with Crippen LogP contribution in [-0.4, -0.2) is 42.2 Å². The van der Waals surface area contributed by atoms with Crippen molar-refractivity contribution in [2.75, 3.05) is 24.4 Å². The highest BCUT2D eigenvalue weighted by Gasteiger charge is 2.41. The van der Waals surface area contributed by atoms with Crippen LogP contribution in [0.5, 0.6) is 11.5 Å². The van der Waals surface area contributed by atoms with Crippen molar-refractivity contribution in [1.29, 1.82) is 5.26 Å². The number of anilines is 2. The van der Waals surface area contributed by atoms with Gasteiger partial charge >= 0.3 is 0 Å². The van der Waals surface area contributed by atoms with E-state index in [-0.39, 0.29) is 29.0 Å². The minimum atomic E-state index is -1.08. The number of nitrogens with zero attached hydrogens (tertiary/aromatic N) is 3. The third-order valence-corrected chi connectivity index (χ3v) is 6.46. The molecule has 3 heterocycles. The number of ether oxygens (including phenoxy) is 2. The Morgan fingerprint density at radius 2 is 1.81 bits per heavy atom. The minimum absolute atomic E-state index is 0.199. The van der Waals surface area contributed by atoms with Crippen LogP contribution in [0.2, 0.25) is 0 Å². The first kappa shape index (κ1) is 21.7. The Morgan fingerprint density at radius 1 is 1.12 bits per heavy atom. The number of carbonyl (C=O) groups is 1. The van der Waals surface area contributed by atoms with Gasteiger partial charge in [0.25, 0.3) is 5.56 Å². The SMILES string of the molecule is COc1ccc(C2c3c(nc(N4C(C)CCCC4C)[nH]c3=O)NC(=O)C2C#N)cc1OC. The van der Waals surface area contributed by atoms with Crippen LogP contribution in [-0.2, 0) is 4.79 Å². The molecule has 4 atom stereocenters. The Balaban J connectivity index is 1.86. The van der Waals surface area contributed by atoms with Gasteiger partial charge in [0, 0.05) is 18.0 Å². The molecular weight excluding hydrogens is 410 g/mol. The molecule has 0 aliphatic carbocycles. The Kier molecular flexibility index (Phi) is 5.78. The van der Waals surface area contributed by atoms with E-state index in [9.17, 15) is 14.9 Å². The lowest BCUT2D eigenvalue weighted by atomic mass is 9.79. The molecule has 1 aromatic carbocycles. The summed E-state index contributed by atoms with van der Waals surface area (Å²) in [7, 11) is 3.03. The van der Waals surface area contributed by atoms with E-state index >= 15 is 0 Å². The summed E-state index contributed by atoms with van der Waals surface area (Å²) in [4.78, 5) is 35.8. The van der Waals surface area contributed by atoms with Crippen molar-refractivity contribution in [2.45, 2.75) is 51.1 Å². The molecule has 2 N–H and O–H groups in total. The zero-order valence-electron chi connectivity index (χ0n) is 18.6. The maximum Gasteiger partial charge on any atom is 0.258 e. The Labute approximate surface area is 186 Å². The minimum Gasteiger partial charge on any atom is -0.493 e. The third-order valence-electron chi connectivity index (χ3n) is 6.46. The summed E-state index contributed by atoms with van der Waals surface area (Å²) >= 11 is 0. The van der Waals surface area contributed by atoms with Crippen LogP contribution in [0.4, 0.5) is 11.8 Å². The number of H-pyrrole nitrogens is 1. The number of hydrogen-bond acceptors (Lipinski definition) is 7. The number of amides is 1. The zero-order valence-corrected chi connectivity index (χ0v) is 18.6. The first-order valence-corrected chi connectivity index (χ1v) is 10.7. The fraction of sp³-hybridized carbons (Fsp3) is 0.478. The number of nitrogens with one attached hydrogen (secondary N) is 2. The molecule has 168 valence electrons. The van der Waals surface area contributed by atoms with Gasteiger partial charge in [-0.25, -0.2) is 0 Å². The van der Waals surface area contributed by atoms with E-state index in [0.29, 0.717) is 23.0 Å². The van der Waals surface area contributed by atoms with Crippen LogP contribution in [0.3, 0.4) is 0 Å². The lowest BCUT2D eigenvalue weighted by molar-refractivity contribution is -0.119. The normalized spacial score (nSPS) is 24.8. The highest BCUT2D eigenvalue weighted by molar-refractivity contribution is 5.98. The molecule has 0 spiro atoms. The summed E-state index contributed by atoms with van der Waals surface area (Å²) in [6.45, 7) is 4.21. The van der Waals surface area contributed by atoms with Gasteiger partial charge in [-0.2, -0.15) is 10.2 Å². The Bertz CT molecular complexity index is 1130. The maximum atomic E-state index is 13.3. The number of benzene rings is 1. The molecule has 9 heteroatoms. The smallest absolute Gasteiger partial charge is 0.258 e. The van der Waals surface area contributed by atoms with Crippen LogP contribution in [0, 0.1) is 17.2 Å². The Hall–Kier alpha value is -3.54. The summed E-state index contributed by atoms with van der Waals surface area (Å²) in [5.74, 6) is -0.747. The molecule has 1 amide bonds. The number of methoxy groups -OCH3 is 2. The van der Waals surface area contributed by atoms with Crippen molar-refractivity contribution >= 4 is 17.7 Å². The van der Waals surface area contributed by atoms with Gasteiger partial charge in [0.15, 0.2) is 11.5 Å². The fourth-order valence-electron chi connectivity index (χ4n) is 4.87. The number of hydrogen-bond donors (Lipinski definition) is 2. The molecule has 4 unspecified atom stereocenters. The summed E-state index contributed by atoms with van der Waals surface area (Å²) < 4.78 is 10.7. The molecule has 9 nitrogen and oxygen atoms in total. The van der Waals surface area contributed by atoms with E-state index in [1.165, 1.54) is 14.2 Å². The molecule has 0 saturated carbocycles. The largest absolute Gasteiger partial charge is 0.493 e. The fourth-order valence-corrected chi connectivity index (χ4v) is 4.87. The van der Waals surface area contributed by atoms with E-state index in [0.717, 1.165) is 19.3 Å². The van der Waals surface area contributed by atoms with Crippen LogP contribution >= 0.6 is 0 Å². The molecule has 0 bridgehead atoms. The molecule has 4 rings (SSSR count). The maximum absolute atomic E-state index is 13.3. The molecule has 0 radical (unpaired) electrons. The number of carbonyl (C=O) groups excluding carboxylic acids is 1. The number of fused-ring (bicyclic) bond motifs is 1. The lowest BCUT2D eigenvalue weighted by Crippen LogP contribution is -2.46. The van der Waals surface area contributed by atoms with Crippen LogP contribution in [0.1, 0.15) is 50.2 Å². The van der Waals surface area contributed by atoms with Gasteiger partial charge in [-0.05, 0) is 50.8 Å². The van der Waals surface area contributed by atoms with Crippen molar-refractivity contribution in [3.63, 3.8) is 0 Å². The van der Waals surface area contributed by atoms with Gasteiger partial charge in [-0.15, -0.1) is 0 Å². The quantitative estimate of drug-likeness (QED) is 0.754. The van der Waals surface area contributed by atoms with Gasteiger partial charge in [0.1, 0.15) is 11.7 Å². The monoisotopic (exact) mass is 437 g/mol. The first-order chi connectivity index (χ1) is 15.4. The van der Waals surface area contributed by atoms with E-state index in [1.807, 2.05) is 0 Å². The molecular formula is C23H27N5O4. The number of aromatic nitrogens is 2. The number of piperidine rings is 1. The predicted octanol–water partition coefficient (Wildman–Crippen LogP) is 2.78. The van der Waals surface area contributed by atoms with Gasteiger partial charge < -0.3 is 19.7 Å². The van der Waals surface area contributed by atoms with E-state index < -0.39 is 17.7 Å². The molecule has 1 aromatic heterocycles. The van der Waals surface area contributed by atoms with Crippen molar-refractivity contribution in [3.8, 4) is 17.6 Å². The summed E-state index contributed by atoms with van der Waals surface area (Å²) in [5.41, 5.74) is 0.504. The van der Waals surface area contributed by atoms with Crippen LogP contribution < -0.4 is 25.2 Å². The topological polar surface area (TPSA) is 120 Å². The van der Waals surface area contributed by atoms with Gasteiger partial charge in [0.2, 0.25) is 11.9 Å². The molecule has 1 saturated heterocycles. The van der Waals surface area contributed by atoms with Gasteiger partial charge in [-0.3, -0.25) is 14.6 Å². The number of rotatable bonds is 4. The third kappa shape index (κ3) is 3.55. The number of nitriles is 1. The lowest BCUT2D eigenvalue weighted by Gasteiger charge is -2.40. The highest BCUT2D eigenvalue weighted by atomic mass is 16.5. The van der Waals surface area contributed by atoms with E-state index in [4.69, 9.17) is 9.47 Å². The standard InChI is InChI=1S/C23H27N5O4/c1-12-6-5-7-13(2)28(12)23-26-20-19(22(30)27-23)18(15(11-24)21(29)25-20)14-8-9-16(31-3)17(10-14)32-4/h8-10,12-13,15,18H,5-7H2,1-4H3,(H2,25,26,27,29,30). The molecule has 1 fully saturated rings. The van der Waals surface area contributed by atoms with Gasteiger partial charge in [0.05, 0.1) is 25.9 Å². The van der Waals surface area contributed by atoms with Crippen molar-refractivity contribution < 1.29 is 14.3 Å². The van der Waals surface area contributed by atoms with E-state index in [1.54, 1.807) is 18.2 Å². The molecule has 2 aliphatic rings. The van der Waals surface area contributed by atoms with Crippen LogP contribution in [0.25, 0.3) is 0 Å². The molecule has 2 aromatic rings. The average molecular weight is 438 g/mol. The number of aromatic amines is 1. The van der Waals surface area contributed by atoms with E-state index in [2.05, 4.69) is 40.1 Å². The van der Waals surface area contributed by atoms with Gasteiger partial charge in [-0.1, -0.05) is 6.07 Å². The second-order valence-electron chi connectivity index (χ2n) is 8.38. The second-order valence-corrected chi connectivity index (χ2v) is 8.38. The summed E-state index contributed by atoms with van der Waals surface area (Å²) in [6, 6.07) is 7.61. The molecule has 2 aliphatic heterocycles. The van der Waals surface area contributed by atoms with Crippen LogP contribution in [0.15, 0.2) is 23.0 Å². The first-order valence-electron chi connectivity index (χ1n) is 10.7. The zero-order chi connectivity index (χ0) is 23.0. The predicted molar refractivity (Wildman–Crippen MR) is 119 cm³/mol. The van der Waals surface area contributed by atoms with Crippen molar-refractivity contribution in [3.05, 3.63) is 39.7 Å². The Morgan fingerprint density at radius 3 is 2.44 bits per heavy atom. The van der Waals surface area contributed by atoms with Crippen molar-refractivity contribution in [2.24, 2.45) is 5.92 Å². The summed E-state index contributed by atoms with van der Waals surface area (Å²) in [5, 5.41) is 12.4. The second kappa shape index (κ2) is 8.54. The summed E-state index contributed by atoms with van der Waals surface area (Å²) in [6.07, 6.45) is 3.13. The molecule has 32 heavy (non-hydrogen) atoms. The average Bonchev–Trinajstić information content (AvgIpc) is 2.77. The van der Waals surface area contributed by atoms with Crippen molar-refractivity contribution in [1.82, 2.24) is 9.97 Å². The highest BCUT2D eigenvalue weighted by Crippen LogP contribution is 2.41.